The first-order valence-corrected chi connectivity index (χ1v) is 6.23. The molecule has 114 valence electrons. The molecule has 0 aliphatic heterocycles. The summed E-state index contributed by atoms with van der Waals surface area (Å²) in [6, 6.07) is 8.85. The van der Waals surface area contributed by atoms with Crippen molar-refractivity contribution in [2.75, 3.05) is 7.11 Å². The van der Waals surface area contributed by atoms with Gasteiger partial charge in [0.2, 0.25) is 0 Å². The number of rotatable bonds is 4. The summed E-state index contributed by atoms with van der Waals surface area (Å²) in [4.78, 5) is 11.8. The third-order valence-electron chi connectivity index (χ3n) is 2.82. The van der Waals surface area contributed by atoms with Crippen LogP contribution in [0.25, 0.3) is 0 Å². The van der Waals surface area contributed by atoms with E-state index in [9.17, 15) is 20.1 Å². The Kier molecular flexibility index (Phi) is 4.47. The van der Waals surface area contributed by atoms with Gasteiger partial charge in [-0.05, 0) is 36.4 Å². The Hall–Kier alpha value is -3.22. The molecule has 0 atom stereocenters. The minimum atomic E-state index is -0.612. The highest BCUT2D eigenvalue weighted by molar-refractivity contribution is 5.95. The van der Waals surface area contributed by atoms with Crippen molar-refractivity contribution < 1.29 is 24.9 Å². The van der Waals surface area contributed by atoms with Crippen LogP contribution in [0.4, 0.5) is 0 Å². The van der Waals surface area contributed by atoms with Crippen molar-refractivity contribution in [1.29, 1.82) is 0 Å². The van der Waals surface area contributed by atoms with E-state index in [0.29, 0.717) is 16.9 Å². The molecule has 0 saturated heterocycles. The third kappa shape index (κ3) is 3.45. The van der Waals surface area contributed by atoms with Crippen molar-refractivity contribution in [1.82, 2.24) is 5.43 Å². The molecule has 2 aromatic carbocycles. The zero-order chi connectivity index (χ0) is 16.1. The Morgan fingerprint density at radius 1 is 1.14 bits per heavy atom. The first-order chi connectivity index (χ1) is 10.5. The molecule has 7 nitrogen and oxygen atoms in total. The number of ether oxygens (including phenoxy) is 1. The van der Waals surface area contributed by atoms with Crippen LogP contribution in [-0.2, 0) is 0 Å². The van der Waals surface area contributed by atoms with Crippen molar-refractivity contribution >= 4 is 12.1 Å². The maximum atomic E-state index is 11.8. The van der Waals surface area contributed by atoms with E-state index in [2.05, 4.69) is 10.5 Å². The first-order valence-electron chi connectivity index (χ1n) is 6.23. The van der Waals surface area contributed by atoms with Crippen molar-refractivity contribution in [3.05, 3.63) is 47.5 Å². The summed E-state index contributed by atoms with van der Waals surface area (Å²) in [7, 11) is 1.53. The Morgan fingerprint density at radius 3 is 2.27 bits per heavy atom. The topological polar surface area (TPSA) is 111 Å². The predicted octanol–water partition coefficient (Wildman–Crippen LogP) is 1.58. The number of amides is 1. The Labute approximate surface area is 126 Å². The van der Waals surface area contributed by atoms with E-state index < -0.39 is 23.2 Å². The number of carbonyl (C=O) groups excluding carboxylic acids is 1. The maximum absolute atomic E-state index is 11.8. The molecule has 0 fully saturated rings. The number of aromatic hydroxyl groups is 3. The Morgan fingerprint density at radius 2 is 1.73 bits per heavy atom. The van der Waals surface area contributed by atoms with Crippen LogP contribution in [-0.4, -0.2) is 34.6 Å². The number of phenols is 3. The molecular formula is C15H14N2O5. The number of carbonyl (C=O) groups is 1. The lowest BCUT2D eigenvalue weighted by Gasteiger charge is -2.03. The molecule has 0 radical (unpaired) electrons. The molecule has 0 unspecified atom stereocenters. The molecule has 2 aromatic rings. The minimum absolute atomic E-state index is 0.308. The fourth-order valence-electron chi connectivity index (χ4n) is 1.67. The van der Waals surface area contributed by atoms with Crippen LogP contribution in [0.2, 0.25) is 0 Å². The van der Waals surface area contributed by atoms with Gasteiger partial charge in [0.15, 0.2) is 17.2 Å². The molecule has 0 aliphatic rings. The molecule has 7 heteroatoms. The number of benzene rings is 2. The zero-order valence-corrected chi connectivity index (χ0v) is 11.6. The number of hydrogen-bond acceptors (Lipinski definition) is 6. The lowest BCUT2D eigenvalue weighted by Crippen LogP contribution is -2.17. The number of methoxy groups -OCH3 is 1. The summed E-state index contributed by atoms with van der Waals surface area (Å²) in [5.41, 5.74) is 3.01. The van der Waals surface area contributed by atoms with Crippen LogP contribution in [0, 0.1) is 0 Å². The number of nitrogens with zero attached hydrogens (tertiary/aromatic N) is 1. The normalized spacial score (nSPS) is 10.6. The number of hydrogen-bond donors (Lipinski definition) is 4. The summed E-state index contributed by atoms with van der Waals surface area (Å²) in [6.45, 7) is 0. The van der Waals surface area contributed by atoms with Gasteiger partial charge < -0.3 is 20.1 Å². The summed E-state index contributed by atoms with van der Waals surface area (Å²) in [6.07, 6.45) is 1.22. The fraction of sp³-hybridized carbons (Fsp3) is 0.0667. The van der Waals surface area contributed by atoms with Gasteiger partial charge in [-0.25, -0.2) is 5.43 Å². The molecule has 0 aromatic heterocycles. The first kappa shape index (κ1) is 15.2. The molecule has 0 aliphatic carbocycles. The Bertz CT molecular complexity index is 687. The van der Waals surface area contributed by atoms with Gasteiger partial charge in [-0.3, -0.25) is 4.79 Å². The second-order valence-corrected chi connectivity index (χ2v) is 4.34. The van der Waals surface area contributed by atoms with E-state index in [4.69, 9.17) is 4.74 Å². The standard InChI is InChI=1S/C15H14N2O5/c1-22-11-4-2-10(3-5-11)15(21)17-16-8-9-6-12(18)14(20)13(19)7-9/h2-8,18-20H,1H3,(H,17,21)/b16-8+. The minimum Gasteiger partial charge on any atom is -0.504 e. The van der Waals surface area contributed by atoms with Gasteiger partial charge in [0.25, 0.3) is 5.91 Å². The molecule has 0 spiro atoms. The van der Waals surface area contributed by atoms with Crippen molar-refractivity contribution in [3.8, 4) is 23.0 Å². The largest absolute Gasteiger partial charge is 0.504 e. The van der Waals surface area contributed by atoms with Crippen LogP contribution in [0.3, 0.4) is 0 Å². The highest BCUT2D eigenvalue weighted by atomic mass is 16.5. The Balaban J connectivity index is 2.03. The number of hydrazone groups is 1. The molecule has 0 bridgehead atoms. The van der Waals surface area contributed by atoms with Gasteiger partial charge in [-0.15, -0.1) is 0 Å². The molecule has 1 amide bonds. The third-order valence-corrected chi connectivity index (χ3v) is 2.82. The zero-order valence-electron chi connectivity index (χ0n) is 11.6. The summed E-state index contributed by atoms with van der Waals surface area (Å²) in [5, 5.41) is 31.6. The molecule has 22 heavy (non-hydrogen) atoms. The van der Waals surface area contributed by atoms with Gasteiger partial charge >= 0.3 is 0 Å². The quantitative estimate of drug-likeness (QED) is 0.389. The fourth-order valence-corrected chi connectivity index (χ4v) is 1.67. The predicted molar refractivity (Wildman–Crippen MR) is 79.5 cm³/mol. The lowest BCUT2D eigenvalue weighted by molar-refractivity contribution is 0.0955. The van der Waals surface area contributed by atoms with E-state index in [1.807, 2.05) is 0 Å². The highest BCUT2D eigenvalue weighted by Gasteiger charge is 2.07. The average molecular weight is 302 g/mol. The number of nitrogens with one attached hydrogen (secondary N) is 1. The van der Waals surface area contributed by atoms with Gasteiger partial charge in [-0.1, -0.05) is 0 Å². The van der Waals surface area contributed by atoms with Crippen LogP contribution in [0.15, 0.2) is 41.5 Å². The summed E-state index contributed by atoms with van der Waals surface area (Å²) in [5.74, 6) is -1.37. The van der Waals surface area contributed by atoms with Crippen molar-refractivity contribution in [3.63, 3.8) is 0 Å². The van der Waals surface area contributed by atoms with E-state index in [1.54, 1.807) is 24.3 Å². The van der Waals surface area contributed by atoms with Crippen molar-refractivity contribution in [2.45, 2.75) is 0 Å². The van der Waals surface area contributed by atoms with Crippen LogP contribution in [0.5, 0.6) is 23.0 Å². The van der Waals surface area contributed by atoms with Crippen molar-refractivity contribution in [2.24, 2.45) is 5.10 Å². The second-order valence-electron chi connectivity index (χ2n) is 4.34. The summed E-state index contributed by atoms with van der Waals surface area (Å²) >= 11 is 0. The second kappa shape index (κ2) is 6.49. The van der Waals surface area contributed by atoms with E-state index >= 15 is 0 Å². The van der Waals surface area contributed by atoms with Gasteiger partial charge in [0.1, 0.15) is 5.75 Å². The van der Waals surface area contributed by atoms with Gasteiger partial charge in [0.05, 0.1) is 13.3 Å². The SMILES string of the molecule is COc1ccc(C(=O)N/N=C/c2cc(O)c(O)c(O)c2)cc1. The highest BCUT2D eigenvalue weighted by Crippen LogP contribution is 2.34. The molecule has 0 saturated carbocycles. The lowest BCUT2D eigenvalue weighted by atomic mass is 10.2. The molecule has 0 heterocycles. The average Bonchev–Trinajstić information content (AvgIpc) is 2.52. The van der Waals surface area contributed by atoms with E-state index in [-0.39, 0.29) is 0 Å². The monoisotopic (exact) mass is 302 g/mol. The van der Waals surface area contributed by atoms with Crippen LogP contribution >= 0.6 is 0 Å². The molecule has 4 N–H and O–H groups in total. The van der Waals surface area contributed by atoms with Crippen LogP contribution < -0.4 is 10.2 Å². The van der Waals surface area contributed by atoms with Gasteiger partial charge in [0, 0.05) is 11.1 Å². The van der Waals surface area contributed by atoms with Gasteiger partial charge in [-0.2, -0.15) is 5.10 Å². The number of phenolic OH excluding ortho intramolecular Hbond substituents is 3. The van der Waals surface area contributed by atoms with E-state index in [1.165, 1.54) is 25.5 Å². The molecular weight excluding hydrogens is 288 g/mol. The smallest absolute Gasteiger partial charge is 0.271 e. The van der Waals surface area contributed by atoms with E-state index in [0.717, 1.165) is 0 Å². The molecule has 2 rings (SSSR count). The maximum Gasteiger partial charge on any atom is 0.271 e. The van der Waals surface area contributed by atoms with Crippen LogP contribution in [0.1, 0.15) is 15.9 Å². The summed E-state index contributed by atoms with van der Waals surface area (Å²) < 4.78 is 4.99.